The Bertz CT molecular complexity index is 1380. The van der Waals surface area contributed by atoms with Crippen molar-refractivity contribution in [2.45, 2.75) is 48.5 Å². The molecule has 3 aromatic rings. The molecule has 0 aromatic heterocycles. The summed E-state index contributed by atoms with van der Waals surface area (Å²) in [6.07, 6.45) is 0.474. The van der Waals surface area contributed by atoms with E-state index in [-0.39, 0.29) is 23.3 Å². The molecule has 0 unspecified atom stereocenters. The molecule has 3 aromatic carbocycles. The highest BCUT2D eigenvalue weighted by Crippen LogP contribution is 2.53. The van der Waals surface area contributed by atoms with E-state index in [0.29, 0.717) is 13.0 Å². The number of benzene rings is 3. The van der Waals surface area contributed by atoms with Crippen molar-refractivity contribution >= 4 is 21.6 Å². The van der Waals surface area contributed by atoms with Crippen LogP contribution in [0.15, 0.2) is 83.8 Å². The molecule has 0 aliphatic carbocycles. The van der Waals surface area contributed by atoms with Crippen LogP contribution in [0.2, 0.25) is 0 Å². The van der Waals surface area contributed by atoms with Crippen LogP contribution in [0.25, 0.3) is 0 Å². The van der Waals surface area contributed by atoms with Gasteiger partial charge in [0.1, 0.15) is 11.6 Å². The normalized spacial score (nSPS) is 27.2. The van der Waals surface area contributed by atoms with Crippen molar-refractivity contribution in [2.75, 3.05) is 11.9 Å². The molecule has 3 aliphatic heterocycles. The number of para-hydroxylation sites is 1. The Kier molecular flexibility index (Phi) is 5.21. The van der Waals surface area contributed by atoms with Gasteiger partial charge < -0.3 is 15.0 Å². The lowest BCUT2D eigenvalue weighted by atomic mass is 9.84. The van der Waals surface area contributed by atoms with Crippen molar-refractivity contribution in [2.24, 2.45) is 0 Å². The highest BCUT2D eigenvalue weighted by Gasteiger charge is 2.64. The standard InChI is InChI=1S/C27H27N3O4S/c1-18-11-13-21(14-12-18)35(32,33)29-24-16-27-22-9-5-6-10-23(22)28-26(27)34-17-20(30(27)25(24)31)15-19-7-3-2-4-8-19/h2-14,20,24,26,28-29H,15-17H2,1H3/t20-,24-,26-,27-/m0/s1. The fourth-order valence-electron chi connectivity index (χ4n) is 5.79. The summed E-state index contributed by atoms with van der Waals surface area (Å²) in [7, 11) is -3.88. The first-order valence-corrected chi connectivity index (χ1v) is 13.3. The van der Waals surface area contributed by atoms with Gasteiger partial charge >= 0.3 is 0 Å². The van der Waals surface area contributed by atoms with Gasteiger partial charge in [-0.15, -0.1) is 0 Å². The van der Waals surface area contributed by atoms with Gasteiger partial charge in [-0.25, -0.2) is 8.42 Å². The first kappa shape index (κ1) is 22.3. The number of anilines is 1. The molecule has 3 heterocycles. The quantitative estimate of drug-likeness (QED) is 0.575. The van der Waals surface area contributed by atoms with Gasteiger partial charge in [-0.05, 0) is 37.1 Å². The molecule has 4 atom stereocenters. The number of morpholine rings is 1. The molecule has 8 heteroatoms. The van der Waals surface area contributed by atoms with Gasteiger partial charge in [0.05, 0.1) is 17.5 Å². The lowest BCUT2D eigenvalue weighted by molar-refractivity contribution is -0.159. The maximum Gasteiger partial charge on any atom is 0.242 e. The fourth-order valence-corrected chi connectivity index (χ4v) is 6.98. The van der Waals surface area contributed by atoms with E-state index in [4.69, 9.17) is 4.74 Å². The second-order valence-electron chi connectivity index (χ2n) is 9.57. The number of fused-ring (bicyclic) bond motifs is 1. The number of amides is 1. The Balaban J connectivity index is 1.39. The SMILES string of the molecule is Cc1ccc(S(=O)(=O)N[C@H]2C[C@]34c5ccccc5N[C@H]3OC[C@H](Cc3ccccc3)N4C2=O)cc1. The minimum Gasteiger partial charge on any atom is -0.358 e. The van der Waals surface area contributed by atoms with Gasteiger partial charge in [0.15, 0.2) is 6.23 Å². The third-order valence-corrected chi connectivity index (χ3v) is 8.85. The number of aryl methyl sites for hydroxylation is 1. The van der Waals surface area contributed by atoms with E-state index in [2.05, 4.69) is 10.0 Å². The maximum absolute atomic E-state index is 14.0. The molecule has 0 bridgehead atoms. The number of rotatable bonds is 5. The number of ether oxygens (including phenoxy) is 1. The molecular weight excluding hydrogens is 462 g/mol. The van der Waals surface area contributed by atoms with Crippen molar-refractivity contribution in [1.29, 1.82) is 0 Å². The summed E-state index contributed by atoms with van der Waals surface area (Å²) in [6, 6.07) is 23.4. The Hall–Kier alpha value is -3.20. The summed E-state index contributed by atoms with van der Waals surface area (Å²) in [5.74, 6) is -0.214. The van der Waals surface area contributed by atoms with Gasteiger partial charge in [-0.1, -0.05) is 66.2 Å². The zero-order valence-electron chi connectivity index (χ0n) is 19.3. The van der Waals surface area contributed by atoms with Crippen LogP contribution in [-0.2, 0) is 31.5 Å². The van der Waals surface area contributed by atoms with Crippen LogP contribution in [0, 0.1) is 6.92 Å². The van der Waals surface area contributed by atoms with Crippen LogP contribution < -0.4 is 10.0 Å². The van der Waals surface area contributed by atoms with Crippen molar-refractivity contribution < 1.29 is 17.9 Å². The Labute approximate surface area is 205 Å². The summed E-state index contributed by atoms with van der Waals surface area (Å²) in [5.41, 5.74) is 3.16. The van der Waals surface area contributed by atoms with Gasteiger partial charge in [0, 0.05) is 17.7 Å². The number of nitrogens with zero attached hydrogens (tertiary/aromatic N) is 1. The molecule has 2 fully saturated rings. The minimum absolute atomic E-state index is 0.150. The molecule has 1 spiro atoms. The van der Waals surface area contributed by atoms with E-state index in [1.165, 1.54) is 0 Å². The molecular formula is C27H27N3O4S. The monoisotopic (exact) mass is 489 g/mol. The van der Waals surface area contributed by atoms with Crippen LogP contribution >= 0.6 is 0 Å². The van der Waals surface area contributed by atoms with Crippen LogP contribution in [0.1, 0.15) is 23.1 Å². The first-order chi connectivity index (χ1) is 16.9. The second kappa shape index (κ2) is 8.19. The molecule has 35 heavy (non-hydrogen) atoms. The predicted octanol–water partition coefficient (Wildman–Crippen LogP) is 3.16. The molecule has 3 aliphatic rings. The van der Waals surface area contributed by atoms with Crippen LogP contribution in [-0.4, -0.2) is 44.1 Å². The van der Waals surface area contributed by atoms with E-state index in [0.717, 1.165) is 22.4 Å². The van der Waals surface area contributed by atoms with E-state index >= 15 is 0 Å². The van der Waals surface area contributed by atoms with E-state index in [1.54, 1.807) is 24.3 Å². The summed E-state index contributed by atoms with van der Waals surface area (Å²) >= 11 is 0. The molecule has 2 saturated heterocycles. The second-order valence-corrected chi connectivity index (χ2v) is 11.3. The lowest BCUT2D eigenvalue weighted by Crippen LogP contribution is -2.62. The molecule has 0 radical (unpaired) electrons. The van der Waals surface area contributed by atoms with Crippen LogP contribution in [0.3, 0.4) is 0 Å². The number of sulfonamides is 1. The van der Waals surface area contributed by atoms with Gasteiger partial charge in [0.25, 0.3) is 0 Å². The Morgan fingerprint density at radius 1 is 1.03 bits per heavy atom. The Morgan fingerprint density at radius 2 is 1.74 bits per heavy atom. The average Bonchev–Trinajstić information content (AvgIpc) is 3.33. The van der Waals surface area contributed by atoms with Crippen LogP contribution in [0.4, 0.5) is 5.69 Å². The van der Waals surface area contributed by atoms with Crippen molar-refractivity contribution in [3.63, 3.8) is 0 Å². The number of nitrogens with one attached hydrogen (secondary N) is 2. The van der Waals surface area contributed by atoms with Crippen LogP contribution in [0.5, 0.6) is 0 Å². The van der Waals surface area contributed by atoms with Crippen molar-refractivity contribution in [3.8, 4) is 0 Å². The molecule has 2 N–H and O–H groups in total. The maximum atomic E-state index is 14.0. The number of carbonyl (C=O) groups is 1. The summed E-state index contributed by atoms with van der Waals surface area (Å²) in [4.78, 5) is 16.0. The molecule has 6 rings (SSSR count). The fraction of sp³-hybridized carbons (Fsp3) is 0.296. The number of hydrogen-bond acceptors (Lipinski definition) is 5. The summed E-state index contributed by atoms with van der Waals surface area (Å²) in [5, 5.41) is 3.43. The van der Waals surface area contributed by atoms with E-state index in [1.807, 2.05) is 66.4 Å². The first-order valence-electron chi connectivity index (χ1n) is 11.8. The van der Waals surface area contributed by atoms with Gasteiger partial charge in [-0.3, -0.25) is 4.79 Å². The largest absolute Gasteiger partial charge is 0.358 e. The lowest BCUT2D eigenvalue weighted by Gasteiger charge is -2.48. The highest BCUT2D eigenvalue weighted by atomic mass is 32.2. The van der Waals surface area contributed by atoms with E-state index in [9.17, 15) is 13.2 Å². The zero-order chi connectivity index (χ0) is 24.2. The molecule has 1 amide bonds. The summed E-state index contributed by atoms with van der Waals surface area (Å²) in [6.45, 7) is 2.27. The van der Waals surface area contributed by atoms with E-state index < -0.39 is 27.8 Å². The third-order valence-electron chi connectivity index (χ3n) is 7.36. The molecule has 0 saturated carbocycles. The van der Waals surface area contributed by atoms with Gasteiger partial charge in [0.2, 0.25) is 15.9 Å². The Morgan fingerprint density at radius 3 is 2.51 bits per heavy atom. The molecule has 7 nitrogen and oxygen atoms in total. The smallest absolute Gasteiger partial charge is 0.242 e. The molecule has 180 valence electrons. The van der Waals surface area contributed by atoms with Gasteiger partial charge in [-0.2, -0.15) is 4.72 Å². The number of carbonyl (C=O) groups excluding carboxylic acids is 1. The number of hydrogen-bond donors (Lipinski definition) is 2. The zero-order valence-corrected chi connectivity index (χ0v) is 20.2. The minimum atomic E-state index is -3.88. The topological polar surface area (TPSA) is 87.7 Å². The average molecular weight is 490 g/mol. The predicted molar refractivity (Wildman–Crippen MR) is 132 cm³/mol. The third kappa shape index (κ3) is 3.55. The highest BCUT2D eigenvalue weighted by molar-refractivity contribution is 7.89. The van der Waals surface area contributed by atoms with Crippen molar-refractivity contribution in [3.05, 3.63) is 95.6 Å². The van der Waals surface area contributed by atoms with Crippen molar-refractivity contribution in [1.82, 2.24) is 9.62 Å². The summed E-state index contributed by atoms with van der Waals surface area (Å²) < 4.78 is 35.5.